The molecule has 1 amide bonds. The van der Waals surface area contributed by atoms with Gasteiger partial charge in [0.2, 0.25) is 0 Å². The van der Waals surface area contributed by atoms with Crippen molar-refractivity contribution in [1.29, 1.82) is 0 Å². The summed E-state index contributed by atoms with van der Waals surface area (Å²) >= 11 is 1.60. The Kier molecular flexibility index (Phi) is 6.23. The van der Waals surface area contributed by atoms with Crippen LogP contribution in [-0.2, 0) is 4.74 Å². The Morgan fingerprint density at radius 3 is 2.72 bits per heavy atom. The molecule has 0 unspecified atom stereocenters. The summed E-state index contributed by atoms with van der Waals surface area (Å²) in [5.74, 6) is 0.0291. The summed E-state index contributed by atoms with van der Waals surface area (Å²) in [6.07, 6.45) is 0.946. The number of thiazole rings is 1. The SMILES string of the molecule is Cc1cccc(C(=O)N(CCC[NH+]2CCOCC2)c2nc3ccc(C)cc3s2)c1. The Labute approximate surface area is 175 Å². The summed E-state index contributed by atoms with van der Waals surface area (Å²) in [6, 6.07) is 14.1. The molecule has 1 fully saturated rings. The van der Waals surface area contributed by atoms with Gasteiger partial charge in [-0.1, -0.05) is 35.1 Å². The van der Waals surface area contributed by atoms with Crippen LogP contribution in [0.25, 0.3) is 10.2 Å². The first-order valence-electron chi connectivity index (χ1n) is 10.3. The topological polar surface area (TPSA) is 46.9 Å². The Bertz CT molecular complexity index is 995. The molecule has 1 N–H and O–H groups in total. The van der Waals surface area contributed by atoms with Crippen molar-refractivity contribution in [3.8, 4) is 0 Å². The van der Waals surface area contributed by atoms with Crippen molar-refractivity contribution < 1.29 is 14.4 Å². The molecule has 1 aliphatic rings. The molecule has 4 rings (SSSR count). The number of rotatable bonds is 6. The van der Waals surface area contributed by atoms with E-state index in [-0.39, 0.29) is 5.91 Å². The van der Waals surface area contributed by atoms with Crippen LogP contribution < -0.4 is 9.80 Å². The molecule has 29 heavy (non-hydrogen) atoms. The largest absolute Gasteiger partial charge is 0.370 e. The van der Waals surface area contributed by atoms with Crippen LogP contribution >= 0.6 is 11.3 Å². The van der Waals surface area contributed by atoms with Crippen LogP contribution in [0.1, 0.15) is 27.9 Å². The van der Waals surface area contributed by atoms with E-state index in [9.17, 15) is 4.79 Å². The molecule has 2 aromatic carbocycles. The molecule has 152 valence electrons. The number of hydrogen-bond acceptors (Lipinski definition) is 4. The van der Waals surface area contributed by atoms with E-state index in [4.69, 9.17) is 9.72 Å². The highest BCUT2D eigenvalue weighted by Crippen LogP contribution is 2.30. The maximum atomic E-state index is 13.4. The first-order chi connectivity index (χ1) is 14.1. The molecule has 6 heteroatoms. The number of fused-ring (bicyclic) bond motifs is 1. The smallest absolute Gasteiger partial charge is 0.260 e. The monoisotopic (exact) mass is 410 g/mol. The number of nitrogens with zero attached hydrogens (tertiary/aromatic N) is 2. The van der Waals surface area contributed by atoms with E-state index in [1.54, 1.807) is 16.2 Å². The van der Waals surface area contributed by atoms with Gasteiger partial charge < -0.3 is 9.64 Å². The standard InChI is InChI=1S/C23H27N3O2S/c1-17-5-3-6-19(15-17)22(27)26(10-4-9-25-11-13-28-14-12-25)23-24-20-8-7-18(2)16-21(20)29-23/h3,5-8,15-16H,4,9-14H2,1-2H3/p+1. The van der Waals surface area contributed by atoms with Crippen LogP contribution in [0, 0.1) is 13.8 Å². The highest BCUT2D eigenvalue weighted by atomic mass is 32.1. The number of nitrogens with one attached hydrogen (secondary N) is 1. The molecule has 1 saturated heterocycles. The minimum Gasteiger partial charge on any atom is -0.370 e. The lowest BCUT2D eigenvalue weighted by atomic mass is 10.1. The second-order valence-electron chi connectivity index (χ2n) is 7.76. The van der Waals surface area contributed by atoms with E-state index in [0.29, 0.717) is 6.54 Å². The maximum absolute atomic E-state index is 13.4. The van der Waals surface area contributed by atoms with E-state index in [1.165, 1.54) is 5.56 Å². The summed E-state index contributed by atoms with van der Waals surface area (Å²) in [4.78, 5) is 21.6. The number of aryl methyl sites for hydroxylation is 2. The summed E-state index contributed by atoms with van der Waals surface area (Å²) < 4.78 is 6.58. The van der Waals surface area contributed by atoms with Gasteiger partial charge in [0.15, 0.2) is 5.13 Å². The van der Waals surface area contributed by atoms with Gasteiger partial charge in [0.1, 0.15) is 13.1 Å². The number of ether oxygens (including phenoxy) is 1. The Hall–Kier alpha value is -2.28. The molecule has 0 bridgehead atoms. The normalized spacial score (nSPS) is 15.0. The second-order valence-corrected chi connectivity index (χ2v) is 8.77. The van der Waals surface area contributed by atoms with Gasteiger partial charge in [-0.3, -0.25) is 9.69 Å². The van der Waals surface area contributed by atoms with Gasteiger partial charge in [0.05, 0.1) is 30.0 Å². The fourth-order valence-electron chi connectivity index (χ4n) is 3.75. The van der Waals surface area contributed by atoms with Crippen molar-refractivity contribution in [1.82, 2.24) is 4.98 Å². The molecule has 3 aromatic rings. The van der Waals surface area contributed by atoms with Gasteiger partial charge in [0, 0.05) is 18.5 Å². The third-order valence-electron chi connectivity index (χ3n) is 5.39. The van der Waals surface area contributed by atoms with Crippen LogP contribution in [0.15, 0.2) is 42.5 Å². The molecule has 5 nitrogen and oxygen atoms in total. The van der Waals surface area contributed by atoms with Crippen molar-refractivity contribution in [3.63, 3.8) is 0 Å². The summed E-state index contributed by atoms with van der Waals surface area (Å²) in [7, 11) is 0. The lowest BCUT2D eigenvalue weighted by Crippen LogP contribution is -3.14. The number of hydrogen-bond donors (Lipinski definition) is 1. The van der Waals surface area contributed by atoms with Crippen LogP contribution in [0.2, 0.25) is 0 Å². The van der Waals surface area contributed by atoms with E-state index < -0.39 is 0 Å². The van der Waals surface area contributed by atoms with Gasteiger partial charge in [-0.15, -0.1) is 0 Å². The zero-order valence-electron chi connectivity index (χ0n) is 17.1. The molecule has 1 aliphatic heterocycles. The molecule has 0 saturated carbocycles. The lowest BCUT2D eigenvalue weighted by Gasteiger charge is -2.25. The van der Waals surface area contributed by atoms with Crippen molar-refractivity contribution in [2.45, 2.75) is 20.3 Å². The van der Waals surface area contributed by atoms with Gasteiger partial charge >= 0.3 is 0 Å². The van der Waals surface area contributed by atoms with Crippen LogP contribution in [0.5, 0.6) is 0 Å². The Balaban J connectivity index is 1.57. The van der Waals surface area contributed by atoms with E-state index in [0.717, 1.165) is 65.7 Å². The maximum Gasteiger partial charge on any atom is 0.260 e. The van der Waals surface area contributed by atoms with Crippen LogP contribution in [0.4, 0.5) is 5.13 Å². The zero-order valence-corrected chi connectivity index (χ0v) is 17.9. The Morgan fingerprint density at radius 2 is 1.93 bits per heavy atom. The minimum atomic E-state index is 0.0291. The number of benzene rings is 2. The average molecular weight is 411 g/mol. The average Bonchev–Trinajstić information content (AvgIpc) is 3.14. The molecule has 1 aromatic heterocycles. The van der Waals surface area contributed by atoms with Crippen molar-refractivity contribution in [2.24, 2.45) is 0 Å². The van der Waals surface area contributed by atoms with Crippen molar-refractivity contribution in [2.75, 3.05) is 44.3 Å². The Morgan fingerprint density at radius 1 is 1.14 bits per heavy atom. The van der Waals surface area contributed by atoms with E-state index >= 15 is 0 Å². The molecular formula is C23H28N3O2S+. The van der Waals surface area contributed by atoms with Gasteiger partial charge in [-0.05, 0) is 43.7 Å². The van der Waals surface area contributed by atoms with Crippen LogP contribution in [0.3, 0.4) is 0 Å². The fourth-order valence-corrected chi connectivity index (χ4v) is 4.84. The van der Waals surface area contributed by atoms with E-state index in [1.807, 2.05) is 42.2 Å². The lowest BCUT2D eigenvalue weighted by molar-refractivity contribution is -0.908. The molecule has 0 atom stereocenters. The zero-order chi connectivity index (χ0) is 20.2. The first kappa shape index (κ1) is 20.0. The summed E-state index contributed by atoms with van der Waals surface area (Å²) in [6.45, 7) is 9.58. The third kappa shape index (κ3) is 4.83. The van der Waals surface area contributed by atoms with Crippen molar-refractivity contribution >= 4 is 32.6 Å². The quantitative estimate of drug-likeness (QED) is 0.680. The first-order valence-corrected chi connectivity index (χ1v) is 11.1. The van der Waals surface area contributed by atoms with Gasteiger partial charge in [-0.2, -0.15) is 0 Å². The highest BCUT2D eigenvalue weighted by molar-refractivity contribution is 7.22. The number of aromatic nitrogens is 1. The summed E-state index contributed by atoms with van der Waals surface area (Å²) in [5, 5.41) is 0.786. The number of carbonyl (C=O) groups excluding carboxylic acids is 1. The molecular weight excluding hydrogens is 382 g/mol. The molecule has 0 spiro atoms. The third-order valence-corrected chi connectivity index (χ3v) is 6.43. The van der Waals surface area contributed by atoms with E-state index in [2.05, 4.69) is 19.1 Å². The number of anilines is 1. The predicted molar refractivity (Wildman–Crippen MR) is 118 cm³/mol. The second kappa shape index (κ2) is 9.03. The van der Waals surface area contributed by atoms with Crippen LogP contribution in [-0.4, -0.2) is 50.3 Å². The minimum absolute atomic E-state index is 0.0291. The predicted octanol–water partition coefficient (Wildman–Crippen LogP) is 2.87. The number of carbonyl (C=O) groups is 1. The van der Waals surface area contributed by atoms with Crippen molar-refractivity contribution in [3.05, 3.63) is 59.2 Å². The molecule has 0 aliphatic carbocycles. The fraction of sp³-hybridized carbons (Fsp3) is 0.391. The highest BCUT2D eigenvalue weighted by Gasteiger charge is 2.22. The number of quaternary nitrogens is 1. The molecule has 0 radical (unpaired) electrons. The number of morpholine rings is 1. The number of amides is 1. The van der Waals surface area contributed by atoms with Gasteiger partial charge in [0.25, 0.3) is 5.91 Å². The summed E-state index contributed by atoms with van der Waals surface area (Å²) in [5.41, 5.74) is 3.98. The molecule has 2 heterocycles. The van der Waals surface area contributed by atoms with Gasteiger partial charge in [-0.25, -0.2) is 4.98 Å².